The zero-order chi connectivity index (χ0) is 23.3. The molecule has 0 saturated heterocycles. The molecule has 33 heavy (non-hydrogen) atoms. The van der Waals surface area contributed by atoms with Crippen molar-refractivity contribution < 1.29 is 19.5 Å². The van der Waals surface area contributed by atoms with E-state index in [1.54, 1.807) is 0 Å². The summed E-state index contributed by atoms with van der Waals surface area (Å²) in [5, 5.41) is 22.8. The van der Waals surface area contributed by atoms with E-state index in [4.69, 9.17) is 19.4 Å². The molecule has 1 atom stereocenters. The minimum Gasteiger partial charge on any atom is -0.490 e. The lowest BCUT2D eigenvalue weighted by Gasteiger charge is -2.38. The van der Waals surface area contributed by atoms with Crippen molar-refractivity contribution in [2.45, 2.75) is 70.3 Å². The molecule has 2 N–H and O–H groups in total. The summed E-state index contributed by atoms with van der Waals surface area (Å²) in [7, 11) is 0. The quantitative estimate of drug-likeness (QED) is 0.481. The molecule has 176 valence electrons. The number of hydrogen-bond acceptors (Lipinski definition) is 6. The molecule has 2 aromatic carbocycles. The van der Waals surface area contributed by atoms with Gasteiger partial charge in [0, 0.05) is 12.0 Å². The van der Waals surface area contributed by atoms with Crippen LogP contribution in [0.4, 0.5) is 0 Å². The van der Waals surface area contributed by atoms with E-state index in [0.717, 1.165) is 29.5 Å². The molecule has 0 unspecified atom stereocenters. The number of hydrogen-bond donors (Lipinski definition) is 2. The van der Waals surface area contributed by atoms with Gasteiger partial charge in [0.2, 0.25) is 11.7 Å². The molecule has 1 heterocycles. The summed E-state index contributed by atoms with van der Waals surface area (Å²) in [6, 6.07) is 14.8. The first-order valence-electron chi connectivity index (χ1n) is 11.9. The zero-order valence-electron chi connectivity index (χ0n) is 19.6. The van der Waals surface area contributed by atoms with Crippen LogP contribution in [0.2, 0.25) is 0 Å². The van der Waals surface area contributed by atoms with Gasteiger partial charge in [0.25, 0.3) is 0 Å². The first-order valence-corrected chi connectivity index (χ1v) is 11.9. The van der Waals surface area contributed by atoms with Crippen LogP contribution in [0, 0.1) is 13.8 Å². The molecule has 6 heteroatoms. The Morgan fingerprint density at radius 2 is 1.76 bits per heavy atom. The second-order valence-electron chi connectivity index (χ2n) is 9.31. The van der Waals surface area contributed by atoms with Crippen molar-refractivity contribution in [3.63, 3.8) is 0 Å². The fraction of sp³-hybridized carbons (Fsp3) is 0.481. The fourth-order valence-electron chi connectivity index (χ4n) is 5.06. The van der Waals surface area contributed by atoms with Crippen LogP contribution in [0.3, 0.4) is 0 Å². The third kappa shape index (κ3) is 5.45. The van der Waals surface area contributed by atoms with Crippen LogP contribution in [-0.2, 0) is 11.8 Å². The third-order valence-corrected chi connectivity index (χ3v) is 6.83. The van der Waals surface area contributed by atoms with E-state index in [1.807, 2.05) is 26.0 Å². The van der Waals surface area contributed by atoms with Gasteiger partial charge < -0.3 is 19.5 Å². The van der Waals surface area contributed by atoms with Crippen LogP contribution in [0.25, 0.3) is 11.4 Å². The summed E-state index contributed by atoms with van der Waals surface area (Å²) in [5.41, 5.74) is 4.35. The summed E-state index contributed by atoms with van der Waals surface area (Å²) in [6.45, 7) is 3.62. The maximum atomic E-state index is 9.56. The average Bonchev–Trinajstić information content (AvgIpc) is 3.32. The molecule has 4 rings (SSSR count). The maximum Gasteiger partial charge on any atom is 0.226 e. The zero-order valence-corrected chi connectivity index (χ0v) is 19.6. The van der Waals surface area contributed by atoms with Crippen molar-refractivity contribution in [1.82, 2.24) is 10.1 Å². The SMILES string of the molecule is Cc1cc(-c2noc(CCC3(c4ccccc4)CCCCC3)n2)cc(C)c1OC[C@@H](O)CO. The molecule has 0 amide bonds. The predicted octanol–water partition coefficient (Wildman–Crippen LogP) is 4.92. The van der Waals surface area contributed by atoms with E-state index >= 15 is 0 Å². The molecular formula is C27H34N2O4. The highest BCUT2D eigenvalue weighted by Gasteiger charge is 2.34. The Morgan fingerprint density at radius 3 is 2.42 bits per heavy atom. The van der Waals surface area contributed by atoms with Crippen molar-refractivity contribution in [3.8, 4) is 17.1 Å². The Hall–Kier alpha value is -2.70. The molecule has 1 fully saturated rings. The largest absolute Gasteiger partial charge is 0.490 e. The van der Waals surface area contributed by atoms with Gasteiger partial charge in [-0.1, -0.05) is 54.8 Å². The van der Waals surface area contributed by atoms with E-state index in [1.165, 1.54) is 37.7 Å². The van der Waals surface area contributed by atoms with Crippen molar-refractivity contribution >= 4 is 0 Å². The summed E-state index contributed by atoms with van der Waals surface area (Å²) in [4.78, 5) is 4.70. The van der Waals surface area contributed by atoms with Crippen LogP contribution < -0.4 is 4.74 Å². The number of ether oxygens (including phenoxy) is 1. The highest BCUT2D eigenvalue weighted by molar-refractivity contribution is 5.61. The lowest BCUT2D eigenvalue weighted by molar-refractivity contribution is 0.0532. The minimum atomic E-state index is -0.897. The first-order chi connectivity index (χ1) is 16.0. The number of aliphatic hydroxyl groups is 2. The van der Waals surface area contributed by atoms with E-state index in [2.05, 4.69) is 35.5 Å². The van der Waals surface area contributed by atoms with Crippen LogP contribution in [-0.4, -0.2) is 39.7 Å². The average molecular weight is 451 g/mol. The molecule has 0 bridgehead atoms. The molecule has 1 aliphatic carbocycles. The number of aryl methyl sites for hydroxylation is 3. The van der Waals surface area contributed by atoms with Gasteiger partial charge in [0.1, 0.15) is 18.5 Å². The van der Waals surface area contributed by atoms with E-state index in [9.17, 15) is 5.11 Å². The molecule has 1 aliphatic rings. The molecule has 0 spiro atoms. The predicted molar refractivity (Wildman–Crippen MR) is 127 cm³/mol. The first kappa shape index (κ1) is 23.5. The lowest BCUT2D eigenvalue weighted by Crippen LogP contribution is -2.29. The number of aromatic nitrogens is 2. The van der Waals surface area contributed by atoms with E-state index in [-0.39, 0.29) is 18.6 Å². The van der Waals surface area contributed by atoms with Crippen molar-refractivity contribution in [1.29, 1.82) is 0 Å². The smallest absolute Gasteiger partial charge is 0.226 e. The van der Waals surface area contributed by atoms with Gasteiger partial charge in [-0.2, -0.15) is 4.98 Å². The molecule has 0 aliphatic heterocycles. The minimum absolute atomic E-state index is 0.0487. The summed E-state index contributed by atoms with van der Waals surface area (Å²) in [5.74, 6) is 1.96. The van der Waals surface area contributed by atoms with Crippen molar-refractivity contribution in [2.75, 3.05) is 13.2 Å². The lowest BCUT2D eigenvalue weighted by atomic mass is 9.67. The maximum absolute atomic E-state index is 9.56. The number of nitrogens with zero attached hydrogens (tertiary/aromatic N) is 2. The van der Waals surface area contributed by atoms with Gasteiger partial charge in [0.05, 0.1) is 6.61 Å². The number of aliphatic hydroxyl groups excluding tert-OH is 2. The van der Waals surface area contributed by atoms with Crippen LogP contribution in [0.15, 0.2) is 47.0 Å². The van der Waals surface area contributed by atoms with Crippen LogP contribution in [0.5, 0.6) is 5.75 Å². The molecule has 3 aromatic rings. The van der Waals surface area contributed by atoms with Crippen LogP contribution >= 0.6 is 0 Å². The molecule has 1 aromatic heterocycles. The fourth-order valence-corrected chi connectivity index (χ4v) is 5.06. The summed E-state index contributed by atoms with van der Waals surface area (Å²) < 4.78 is 11.3. The van der Waals surface area contributed by atoms with E-state index < -0.39 is 6.10 Å². The highest BCUT2D eigenvalue weighted by Crippen LogP contribution is 2.43. The molecule has 0 radical (unpaired) electrons. The van der Waals surface area contributed by atoms with Gasteiger partial charge >= 0.3 is 0 Å². The Kier molecular flexibility index (Phi) is 7.46. The standard InChI is InChI=1S/C27H34N2O4/c1-19-15-21(16-20(2)25(19)32-18-23(31)17-30)26-28-24(33-29-26)11-14-27(12-7-4-8-13-27)22-9-5-3-6-10-22/h3,5-6,9-10,15-16,23,30-31H,4,7-8,11-14,17-18H2,1-2H3/t23-/m0/s1. The Bertz CT molecular complexity index is 1020. The number of benzene rings is 2. The Morgan fingerprint density at radius 1 is 1.06 bits per heavy atom. The molecular weight excluding hydrogens is 416 g/mol. The second kappa shape index (κ2) is 10.5. The van der Waals surface area contributed by atoms with Crippen molar-refractivity contribution in [3.05, 3.63) is 65.0 Å². The van der Waals surface area contributed by atoms with Crippen molar-refractivity contribution in [2.24, 2.45) is 0 Å². The highest BCUT2D eigenvalue weighted by atomic mass is 16.5. The van der Waals surface area contributed by atoms with Gasteiger partial charge in [-0.25, -0.2) is 0 Å². The monoisotopic (exact) mass is 450 g/mol. The second-order valence-corrected chi connectivity index (χ2v) is 9.31. The molecule has 6 nitrogen and oxygen atoms in total. The molecule has 1 saturated carbocycles. The van der Waals surface area contributed by atoms with Crippen LogP contribution in [0.1, 0.15) is 61.1 Å². The van der Waals surface area contributed by atoms with Gasteiger partial charge in [-0.05, 0) is 67.3 Å². The summed E-state index contributed by atoms with van der Waals surface area (Å²) >= 11 is 0. The number of rotatable bonds is 9. The van der Waals surface area contributed by atoms with Gasteiger partial charge in [-0.15, -0.1) is 0 Å². The van der Waals surface area contributed by atoms with E-state index in [0.29, 0.717) is 17.5 Å². The van der Waals surface area contributed by atoms with Gasteiger partial charge in [-0.3, -0.25) is 0 Å². The third-order valence-electron chi connectivity index (χ3n) is 6.83. The Balaban J connectivity index is 1.48. The Labute approximate surface area is 195 Å². The van der Waals surface area contributed by atoms with Gasteiger partial charge in [0.15, 0.2) is 0 Å². The summed E-state index contributed by atoms with van der Waals surface area (Å²) in [6.07, 6.45) is 7.16. The topological polar surface area (TPSA) is 88.6 Å². The normalized spacial score (nSPS) is 16.5.